The van der Waals surface area contributed by atoms with Crippen LogP contribution in [0, 0.1) is 0 Å². The third-order valence-corrected chi connectivity index (χ3v) is 4.11. The molecule has 5 heteroatoms. The highest BCUT2D eigenvalue weighted by atomic mass is 79.9. The van der Waals surface area contributed by atoms with Gasteiger partial charge in [-0.15, -0.1) is 11.8 Å². The molecular weight excluding hydrogens is 300 g/mol. The fourth-order valence-electron chi connectivity index (χ4n) is 1.43. The molecule has 1 heterocycles. The minimum Gasteiger partial charge on any atom is -0.381 e. The fourth-order valence-corrected chi connectivity index (χ4v) is 2.91. The van der Waals surface area contributed by atoms with Crippen LogP contribution in [-0.4, -0.2) is 10.4 Å². The number of nitrogens with two attached hydrogens (primary N) is 1. The smallest absolute Gasteiger partial charge is 0.169 e. The predicted octanol–water partition coefficient (Wildman–Crippen LogP) is 4.19. The third-order valence-electron chi connectivity index (χ3n) is 2.11. The lowest BCUT2D eigenvalue weighted by Gasteiger charge is -2.07. The van der Waals surface area contributed by atoms with E-state index in [2.05, 4.69) is 41.0 Å². The number of nitrogen functional groups attached to an aromatic ring is 1. The van der Waals surface area contributed by atoms with Gasteiger partial charge in [-0.25, -0.2) is 0 Å². The van der Waals surface area contributed by atoms with E-state index in [0.717, 1.165) is 10.0 Å². The molecule has 1 aromatic carbocycles. The van der Waals surface area contributed by atoms with Gasteiger partial charge < -0.3 is 10.3 Å². The van der Waals surface area contributed by atoms with E-state index in [0.29, 0.717) is 16.8 Å². The van der Waals surface area contributed by atoms with Crippen LogP contribution < -0.4 is 5.73 Å². The molecule has 2 rings (SSSR count). The number of thioether (sulfide) groups is 1. The molecule has 0 bridgehead atoms. The Kier molecular flexibility index (Phi) is 3.79. The summed E-state index contributed by atoms with van der Waals surface area (Å²) in [7, 11) is 0. The average Bonchev–Trinajstić information content (AvgIpc) is 2.67. The molecule has 2 N–H and O–H groups in total. The minimum absolute atomic E-state index is 0.400. The van der Waals surface area contributed by atoms with Crippen LogP contribution in [0.3, 0.4) is 0 Å². The van der Waals surface area contributed by atoms with Gasteiger partial charge in [0.05, 0.1) is 0 Å². The summed E-state index contributed by atoms with van der Waals surface area (Å²) in [5, 5.41) is 4.23. The summed E-state index contributed by atoms with van der Waals surface area (Å²) >= 11 is 5.38. The molecule has 0 saturated heterocycles. The Morgan fingerprint density at radius 2 is 2.12 bits per heavy atom. The highest BCUT2D eigenvalue weighted by molar-refractivity contribution is 9.10. The van der Waals surface area contributed by atoms with E-state index in [1.807, 2.05) is 23.9 Å². The summed E-state index contributed by atoms with van der Waals surface area (Å²) in [5.74, 6) is 1.08. The first-order valence-corrected chi connectivity index (χ1v) is 6.92. The Balaban J connectivity index is 2.30. The van der Waals surface area contributed by atoms with Gasteiger partial charge in [0.25, 0.3) is 0 Å². The number of anilines is 1. The van der Waals surface area contributed by atoms with Gasteiger partial charge in [0.15, 0.2) is 11.6 Å². The summed E-state index contributed by atoms with van der Waals surface area (Å²) in [6, 6.07) is 7.82. The van der Waals surface area contributed by atoms with Gasteiger partial charge in [0.1, 0.15) is 0 Å². The lowest BCUT2D eigenvalue weighted by molar-refractivity contribution is 0.436. The van der Waals surface area contributed by atoms with E-state index in [4.69, 9.17) is 10.3 Å². The molecule has 0 spiro atoms. The highest BCUT2D eigenvalue weighted by Crippen LogP contribution is 2.34. The molecule has 3 nitrogen and oxygen atoms in total. The Labute approximate surface area is 113 Å². The second-order valence-corrected chi connectivity index (χ2v) is 6.40. The van der Waals surface area contributed by atoms with Crippen molar-refractivity contribution in [3.63, 3.8) is 0 Å². The van der Waals surface area contributed by atoms with Crippen molar-refractivity contribution in [1.29, 1.82) is 0 Å². The molecule has 0 fully saturated rings. The van der Waals surface area contributed by atoms with Gasteiger partial charge in [-0.3, -0.25) is 0 Å². The summed E-state index contributed by atoms with van der Waals surface area (Å²) in [6.45, 7) is 4.34. The van der Waals surface area contributed by atoms with Crippen molar-refractivity contribution in [2.45, 2.75) is 24.0 Å². The molecule has 0 saturated carbocycles. The number of hydrogen-bond donors (Lipinski definition) is 1. The summed E-state index contributed by atoms with van der Waals surface area (Å²) in [4.78, 5) is 1.22. The van der Waals surface area contributed by atoms with Crippen molar-refractivity contribution in [2.24, 2.45) is 0 Å². The first kappa shape index (κ1) is 12.5. The lowest BCUT2D eigenvalue weighted by Crippen LogP contribution is -1.87. The molecule has 1 aromatic heterocycles. The van der Waals surface area contributed by atoms with Gasteiger partial charge >= 0.3 is 0 Å². The number of hydrogen-bond acceptors (Lipinski definition) is 4. The summed E-state index contributed by atoms with van der Waals surface area (Å²) in [6.07, 6.45) is 0. The SMILES string of the molecule is CC(C)Sc1ccc(-c2cc(N)no2)cc1Br. The Morgan fingerprint density at radius 3 is 2.65 bits per heavy atom. The average molecular weight is 313 g/mol. The summed E-state index contributed by atoms with van der Waals surface area (Å²) < 4.78 is 6.18. The Morgan fingerprint density at radius 1 is 1.35 bits per heavy atom. The number of halogens is 1. The normalized spacial score (nSPS) is 11.1. The van der Waals surface area contributed by atoms with Gasteiger partial charge in [0.2, 0.25) is 0 Å². The molecular formula is C12H13BrN2OS. The Bertz CT molecular complexity index is 525. The van der Waals surface area contributed by atoms with Crippen LogP contribution in [0.4, 0.5) is 5.82 Å². The molecule has 0 atom stereocenters. The first-order chi connectivity index (χ1) is 8.06. The second kappa shape index (κ2) is 5.14. The van der Waals surface area contributed by atoms with Crippen molar-refractivity contribution >= 4 is 33.5 Å². The minimum atomic E-state index is 0.400. The van der Waals surface area contributed by atoms with E-state index >= 15 is 0 Å². The van der Waals surface area contributed by atoms with E-state index in [1.54, 1.807) is 6.07 Å². The Hall–Kier alpha value is -0.940. The van der Waals surface area contributed by atoms with Crippen LogP contribution in [0.15, 0.2) is 38.2 Å². The quantitative estimate of drug-likeness (QED) is 0.863. The van der Waals surface area contributed by atoms with Crippen LogP contribution in [0.25, 0.3) is 11.3 Å². The molecule has 0 aliphatic rings. The first-order valence-electron chi connectivity index (χ1n) is 5.25. The zero-order valence-electron chi connectivity index (χ0n) is 9.61. The standard InChI is InChI=1S/C12H13BrN2OS/c1-7(2)17-11-4-3-8(5-9(11)13)10-6-12(14)15-16-10/h3-7H,1-2H3,(H2,14,15). The molecule has 0 radical (unpaired) electrons. The van der Waals surface area contributed by atoms with Gasteiger partial charge in [-0.2, -0.15) is 0 Å². The van der Waals surface area contributed by atoms with Gasteiger partial charge in [0, 0.05) is 26.2 Å². The third kappa shape index (κ3) is 3.04. The molecule has 2 aromatic rings. The van der Waals surface area contributed by atoms with Crippen molar-refractivity contribution < 1.29 is 4.52 Å². The number of rotatable bonds is 3. The zero-order chi connectivity index (χ0) is 12.4. The predicted molar refractivity (Wildman–Crippen MR) is 75.0 cm³/mol. The van der Waals surface area contributed by atoms with Gasteiger partial charge in [-0.05, 0) is 34.1 Å². The van der Waals surface area contributed by atoms with E-state index < -0.39 is 0 Å². The highest BCUT2D eigenvalue weighted by Gasteiger charge is 2.09. The monoisotopic (exact) mass is 312 g/mol. The topological polar surface area (TPSA) is 52.0 Å². The van der Waals surface area contributed by atoms with Crippen LogP contribution in [-0.2, 0) is 0 Å². The maximum absolute atomic E-state index is 5.53. The maximum Gasteiger partial charge on any atom is 0.169 e. The molecule has 90 valence electrons. The van der Waals surface area contributed by atoms with Crippen molar-refractivity contribution in [3.8, 4) is 11.3 Å². The fraction of sp³-hybridized carbons (Fsp3) is 0.250. The molecule has 0 aliphatic heterocycles. The van der Waals surface area contributed by atoms with Crippen LogP contribution in [0.1, 0.15) is 13.8 Å². The molecule has 0 unspecified atom stereocenters. The van der Waals surface area contributed by atoms with Crippen molar-refractivity contribution in [2.75, 3.05) is 5.73 Å². The van der Waals surface area contributed by atoms with Crippen molar-refractivity contribution in [1.82, 2.24) is 5.16 Å². The van der Waals surface area contributed by atoms with E-state index in [-0.39, 0.29) is 0 Å². The molecule has 0 aliphatic carbocycles. The van der Waals surface area contributed by atoms with E-state index in [1.165, 1.54) is 4.90 Å². The molecule has 17 heavy (non-hydrogen) atoms. The van der Waals surface area contributed by atoms with Crippen LogP contribution in [0.2, 0.25) is 0 Å². The van der Waals surface area contributed by atoms with Gasteiger partial charge in [-0.1, -0.05) is 19.0 Å². The lowest BCUT2D eigenvalue weighted by atomic mass is 10.2. The number of benzene rings is 1. The number of aromatic nitrogens is 1. The zero-order valence-corrected chi connectivity index (χ0v) is 12.0. The second-order valence-electron chi connectivity index (χ2n) is 3.93. The maximum atomic E-state index is 5.53. The van der Waals surface area contributed by atoms with E-state index in [9.17, 15) is 0 Å². The number of nitrogens with zero attached hydrogens (tertiary/aromatic N) is 1. The van der Waals surface area contributed by atoms with Crippen molar-refractivity contribution in [3.05, 3.63) is 28.7 Å². The largest absolute Gasteiger partial charge is 0.381 e. The molecule has 0 amide bonds. The summed E-state index contributed by atoms with van der Waals surface area (Å²) in [5.41, 5.74) is 6.50. The van der Waals surface area contributed by atoms with Crippen LogP contribution >= 0.6 is 27.7 Å². The van der Waals surface area contributed by atoms with Crippen LogP contribution in [0.5, 0.6) is 0 Å².